The van der Waals surface area contributed by atoms with Crippen LogP contribution in [-0.4, -0.2) is 25.1 Å². The van der Waals surface area contributed by atoms with Gasteiger partial charge in [-0.1, -0.05) is 13.3 Å². The highest BCUT2D eigenvalue weighted by Crippen LogP contribution is 2.09. The molecule has 0 rings (SSSR count). The lowest BCUT2D eigenvalue weighted by Gasteiger charge is -2.29. The molecule has 0 aliphatic carbocycles. The highest BCUT2D eigenvalue weighted by atomic mass is 15.3. The fourth-order valence-electron chi connectivity index (χ4n) is 0.744. The topological polar surface area (TPSA) is 0 Å². The predicted octanol–water partition coefficient (Wildman–Crippen LogP) is 2.40. The maximum Gasteiger partial charge on any atom is 0.0979 e. The van der Waals surface area contributed by atoms with Crippen molar-refractivity contribution >= 4 is 0 Å². The van der Waals surface area contributed by atoms with Crippen molar-refractivity contribution in [3.8, 4) is 0 Å². The van der Waals surface area contributed by atoms with E-state index in [4.69, 9.17) is 0 Å². The number of quaternary nitrogens is 1. The molecule has 0 atom stereocenters. The summed E-state index contributed by atoms with van der Waals surface area (Å²) in [4.78, 5) is 0. The number of hydrogen-bond donors (Lipinski definition) is 0. The predicted molar refractivity (Wildman–Crippen MR) is 46.7 cm³/mol. The molecular weight excluding hydrogens is 122 g/mol. The van der Waals surface area contributed by atoms with Crippen LogP contribution >= 0.6 is 0 Å². The van der Waals surface area contributed by atoms with Crippen molar-refractivity contribution in [2.24, 2.45) is 0 Å². The fraction of sp³-hybridized carbons (Fsp3) is 0.778. The van der Waals surface area contributed by atoms with E-state index in [1.807, 2.05) is 0 Å². The molecule has 1 heteroatoms. The first-order valence-electron chi connectivity index (χ1n) is 3.99. The molecular formula is C9H20N+. The van der Waals surface area contributed by atoms with Crippen LogP contribution < -0.4 is 0 Å². The van der Waals surface area contributed by atoms with Crippen LogP contribution in [0.4, 0.5) is 0 Å². The Labute approximate surface area is 64.9 Å². The second-order valence-electron chi connectivity index (χ2n) is 3.50. The van der Waals surface area contributed by atoms with Crippen molar-refractivity contribution < 1.29 is 4.48 Å². The fourth-order valence-corrected chi connectivity index (χ4v) is 0.744. The summed E-state index contributed by atoms with van der Waals surface area (Å²) < 4.78 is 0.966. The van der Waals surface area contributed by atoms with Gasteiger partial charge in [0.1, 0.15) is 0 Å². The summed E-state index contributed by atoms with van der Waals surface area (Å²) in [5.74, 6) is 0. The largest absolute Gasteiger partial charge is 0.300 e. The van der Waals surface area contributed by atoms with Gasteiger partial charge in [-0.3, -0.25) is 0 Å². The Hall–Kier alpha value is -0.300. The summed E-state index contributed by atoms with van der Waals surface area (Å²) in [6.45, 7) is 9.48. The van der Waals surface area contributed by atoms with Crippen molar-refractivity contribution in [3.63, 3.8) is 0 Å². The van der Waals surface area contributed by atoms with E-state index in [0.717, 1.165) is 4.48 Å². The van der Waals surface area contributed by atoms with Gasteiger partial charge in [0.2, 0.25) is 0 Å². The Balaban J connectivity index is 3.75. The zero-order chi connectivity index (χ0) is 8.20. The van der Waals surface area contributed by atoms with Gasteiger partial charge >= 0.3 is 0 Å². The Morgan fingerprint density at radius 2 is 1.90 bits per heavy atom. The summed E-state index contributed by atoms with van der Waals surface area (Å²) in [5.41, 5.74) is 1.24. The van der Waals surface area contributed by atoms with Gasteiger partial charge in [-0.05, 0) is 13.0 Å². The van der Waals surface area contributed by atoms with Gasteiger partial charge < -0.3 is 4.48 Å². The van der Waals surface area contributed by atoms with Crippen LogP contribution in [-0.2, 0) is 0 Å². The lowest BCUT2D eigenvalue weighted by atomic mass is 10.3. The minimum atomic E-state index is 0.966. The van der Waals surface area contributed by atoms with Gasteiger partial charge in [0.15, 0.2) is 0 Å². The van der Waals surface area contributed by atoms with E-state index in [0.29, 0.717) is 0 Å². The van der Waals surface area contributed by atoms with Crippen LogP contribution in [0.5, 0.6) is 0 Å². The second kappa shape index (κ2) is 3.77. The van der Waals surface area contributed by atoms with Crippen LogP contribution in [0.2, 0.25) is 0 Å². The lowest BCUT2D eigenvalue weighted by molar-refractivity contribution is -0.852. The molecule has 0 spiro atoms. The molecule has 0 aromatic rings. The highest BCUT2D eigenvalue weighted by molar-refractivity contribution is 4.74. The SMILES string of the molecule is C=C(C)[N+](C)(C)CCCC. The summed E-state index contributed by atoms with van der Waals surface area (Å²) in [5, 5.41) is 0. The third kappa shape index (κ3) is 3.02. The molecule has 0 aromatic heterocycles. The van der Waals surface area contributed by atoms with Crippen molar-refractivity contribution in [3.05, 3.63) is 12.3 Å². The maximum atomic E-state index is 3.95. The van der Waals surface area contributed by atoms with Gasteiger partial charge in [0.25, 0.3) is 0 Å². The third-order valence-corrected chi connectivity index (χ3v) is 2.10. The van der Waals surface area contributed by atoms with Crippen molar-refractivity contribution in [1.29, 1.82) is 0 Å². The normalized spacial score (nSPS) is 11.6. The lowest BCUT2D eigenvalue weighted by Crippen LogP contribution is -2.37. The van der Waals surface area contributed by atoms with Gasteiger partial charge in [-0.2, -0.15) is 0 Å². The standard InChI is InChI=1S/C9H20N/c1-6-7-8-10(4,5)9(2)3/h2,6-8H2,1,3-5H3/q+1. The van der Waals surface area contributed by atoms with Crippen LogP contribution in [0.3, 0.4) is 0 Å². The summed E-state index contributed by atoms with van der Waals surface area (Å²) in [6, 6.07) is 0. The summed E-state index contributed by atoms with van der Waals surface area (Å²) in [7, 11) is 4.41. The molecule has 0 unspecified atom stereocenters. The average Bonchev–Trinajstić information content (AvgIpc) is 1.84. The minimum Gasteiger partial charge on any atom is -0.300 e. The van der Waals surface area contributed by atoms with Gasteiger partial charge in [-0.15, -0.1) is 0 Å². The molecule has 0 bridgehead atoms. The Morgan fingerprint density at radius 3 is 2.20 bits per heavy atom. The quantitative estimate of drug-likeness (QED) is 0.529. The molecule has 0 radical (unpaired) electrons. The minimum absolute atomic E-state index is 0.966. The Bertz CT molecular complexity index is 114. The molecule has 0 aromatic carbocycles. The molecule has 0 N–H and O–H groups in total. The average molecular weight is 142 g/mol. The van der Waals surface area contributed by atoms with Gasteiger partial charge in [0, 0.05) is 6.92 Å². The number of allylic oxidation sites excluding steroid dienone is 1. The molecule has 0 fully saturated rings. The van der Waals surface area contributed by atoms with Gasteiger partial charge in [0.05, 0.1) is 26.3 Å². The second-order valence-corrected chi connectivity index (χ2v) is 3.50. The van der Waals surface area contributed by atoms with E-state index in [1.165, 1.54) is 25.1 Å². The first-order chi connectivity index (χ1) is 4.50. The van der Waals surface area contributed by atoms with E-state index < -0.39 is 0 Å². The molecule has 0 saturated carbocycles. The van der Waals surface area contributed by atoms with Crippen LogP contribution in [0.15, 0.2) is 12.3 Å². The molecule has 0 aliphatic rings. The number of nitrogens with zero attached hydrogens (tertiary/aromatic N) is 1. The highest BCUT2D eigenvalue weighted by Gasteiger charge is 2.14. The van der Waals surface area contributed by atoms with Crippen LogP contribution in [0, 0.1) is 0 Å². The zero-order valence-electron chi connectivity index (χ0n) is 7.78. The van der Waals surface area contributed by atoms with E-state index >= 15 is 0 Å². The summed E-state index contributed by atoms with van der Waals surface area (Å²) >= 11 is 0. The summed E-state index contributed by atoms with van der Waals surface area (Å²) in [6.07, 6.45) is 2.56. The first kappa shape index (κ1) is 9.70. The molecule has 0 saturated heterocycles. The number of hydrogen-bond acceptors (Lipinski definition) is 0. The van der Waals surface area contributed by atoms with Crippen LogP contribution in [0.1, 0.15) is 26.7 Å². The molecule has 1 nitrogen and oxygen atoms in total. The van der Waals surface area contributed by atoms with E-state index in [2.05, 4.69) is 34.5 Å². The maximum absolute atomic E-state index is 3.95. The molecule has 60 valence electrons. The smallest absolute Gasteiger partial charge is 0.0979 e. The van der Waals surface area contributed by atoms with Crippen LogP contribution in [0.25, 0.3) is 0 Å². The Kier molecular flexibility index (Phi) is 3.66. The van der Waals surface area contributed by atoms with Gasteiger partial charge in [-0.25, -0.2) is 0 Å². The molecule has 10 heavy (non-hydrogen) atoms. The van der Waals surface area contributed by atoms with E-state index in [9.17, 15) is 0 Å². The van der Waals surface area contributed by atoms with E-state index in [-0.39, 0.29) is 0 Å². The monoisotopic (exact) mass is 142 g/mol. The van der Waals surface area contributed by atoms with Crippen molar-refractivity contribution in [2.45, 2.75) is 26.7 Å². The number of unbranched alkanes of at least 4 members (excludes halogenated alkanes) is 1. The molecule has 0 amide bonds. The van der Waals surface area contributed by atoms with E-state index in [1.54, 1.807) is 0 Å². The first-order valence-corrected chi connectivity index (χ1v) is 3.99. The number of rotatable bonds is 4. The molecule has 0 heterocycles. The van der Waals surface area contributed by atoms with Crippen molar-refractivity contribution in [2.75, 3.05) is 20.6 Å². The Morgan fingerprint density at radius 1 is 1.40 bits per heavy atom. The zero-order valence-corrected chi connectivity index (χ0v) is 7.78. The molecule has 0 aliphatic heterocycles. The van der Waals surface area contributed by atoms with Crippen molar-refractivity contribution in [1.82, 2.24) is 0 Å². The third-order valence-electron chi connectivity index (χ3n) is 2.10.